The highest BCUT2D eigenvalue weighted by Gasteiger charge is 2.04. The standard InChI is InChI=1S/C17H16FN5/c1-11-6-7-12(2)15(8-11)21-16-10-19-23-17(22-16)20-14-5-3-4-13(18)9-14/h3-10H,1-2H3,(H2,20,21,22,23). The minimum Gasteiger partial charge on any atom is -0.339 e. The average Bonchev–Trinajstić information content (AvgIpc) is 2.51. The van der Waals surface area contributed by atoms with Gasteiger partial charge in [0, 0.05) is 11.4 Å². The Kier molecular flexibility index (Phi) is 4.14. The molecule has 23 heavy (non-hydrogen) atoms. The molecule has 2 N–H and O–H groups in total. The van der Waals surface area contributed by atoms with E-state index >= 15 is 0 Å². The number of hydrogen-bond donors (Lipinski definition) is 2. The average molecular weight is 309 g/mol. The quantitative estimate of drug-likeness (QED) is 0.759. The summed E-state index contributed by atoms with van der Waals surface area (Å²) in [6.07, 6.45) is 1.54. The van der Waals surface area contributed by atoms with Crippen molar-refractivity contribution in [1.29, 1.82) is 0 Å². The van der Waals surface area contributed by atoms with E-state index in [1.807, 2.05) is 26.0 Å². The minimum atomic E-state index is -0.326. The number of halogens is 1. The zero-order chi connectivity index (χ0) is 16.2. The van der Waals surface area contributed by atoms with Crippen molar-refractivity contribution in [3.05, 3.63) is 65.6 Å². The van der Waals surface area contributed by atoms with Crippen molar-refractivity contribution >= 4 is 23.1 Å². The highest BCUT2D eigenvalue weighted by molar-refractivity contribution is 5.62. The highest BCUT2D eigenvalue weighted by atomic mass is 19.1. The lowest BCUT2D eigenvalue weighted by atomic mass is 10.1. The topological polar surface area (TPSA) is 62.7 Å². The molecule has 0 radical (unpaired) electrons. The smallest absolute Gasteiger partial charge is 0.249 e. The summed E-state index contributed by atoms with van der Waals surface area (Å²) in [5.74, 6) is 0.533. The van der Waals surface area contributed by atoms with Crippen LogP contribution < -0.4 is 10.6 Å². The summed E-state index contributed by atoms with van der Waals surface area (Å²) in [4.78, 5) is 4.35. The third-order valence-corrected chi connectivity index (χ3v) is 3.30. The molecule has 116 valence electrons. The summed E-state index contributed by atoms with van der Waals surface area (Å²) in [5, 5.41) is 14.0. The SMILES string of the molecule is Cc1ccc(C)c(Nc2cnnc(Nc3cccc(F)c3)n2)c1. The normalized spacial score (nSPS) is 10.4. The van der Waals surface area contributed by atoms with Crippen molar-refractivity contribution < 1.29 is 4.39 Å². The van der Waals surface area contributed by atoms with E-state index < -0.39 is 0 Å². The lowest BCUT2D eigenvalue weighted by Crippen LogP contribution is -2.03. The number of rotatable bonds is 4. The molecule has 0 atom stereocenters. The summed E-state index contributed by atoms with van der Waals surface area (Å²) >= 11 is 0. The zero-order valence-electron chi connectivity index (χ0n) is 12.8. The molecule has 0 bridgehead atoms. The summed E-state index contributed by atoms with van der Waals surface area (Å²) in [6.45, 7) is 4.04. The van der Waals surface area contributed by atoms with Crippen molar-refractivity contribution in [2.24, 2.45) is 0 Å². The van der Waals surface area contributed by atoms with Crippen LogP contribution in [0, 0.1) is 19.7 Å². The molecule has 5 nitrogen and oxygen atoms in total. The molecular weight excluding hydrogens is 293 g/mol. The molecule has 0 spiro atoms. The van der Waals surface area contributed by atoms with Crippen LogP contribution in [0.25, 0.3) is 0 Å². The number of anilines is 4. The van der Waals surface area contributed by atoms with Crippen molar-refractivity contribution in [3.8, 4) is 0 Å². The summed E-state index contributed by atoms with van der Waals surface area (Å²) in [5.41, 5.74) is 3.78. The molecule has 1 heterocycles. The van der Waals surface area contributed by atoms with Crippen LogP contribution >= 0.6 is 0 Å². The van der Waals surface area contributed by atoms with Gasteiger partial charge in [0.2, 0.25) is 5.95 Å². The number of aryl methyl sites for hydroxylation is 2. The first-order valence-corrected chi connectivity index (χ1v) is 7.17. The van der Waals surface area contributed by atoms with Gasteiger partial charge in [-0.3, -0.25) is 0 Å². The first-order valence-electron chi connectivity index (χ1n) is 7.17. The Morgan fingerprint density at radius 3 is 2.70 bits per heavy atom. The first-order chi connectivity index (χ1) is 11.1. The maximum absolute atomic E-state index is 13.2. The molecule has 0 saturated heterocycles. The fraction of sp³-hybridized carbons (Fsp3) is 0.118. The summed E-state index contributed by atoms with van der Waals surface area (Å²) in [6, 6.07) is 12.2. The summed E-state index contributed by atoms with van der Waals surface area (Å²) < 4.78 is 13.2. The predicted octanol–water partition coefficient (Wildman–Crippen LogP) is 4.11. The van der Waals surface area contributed by atoms with Gasteiger partial charge in [-0.05, 0) is 49.2 Å². The van der Waals surface area contributed by atoms with Crippen LogP contribution in [0.1, 0.15) is 11.1 Å². The molecule has 0 amide bonds. The Morgan fingerprint density at radius 1 is 1.00 bits per heavy atom. The van der Waals surface area contributed by atoms with Crippen LogP contribution in [0.3, 0.4) is 0 Å². The molecule has 3 rings (SSSR count). The van der Waals surface area contributed by atoms with Crippen molar-refractivity contribution in [3.63, 3.8) is 0 Å². The van der Waals surface area contributed by atoms with E-state index in [-0.39, 0.29) is 5.82 Å². The van der Waals surface area contributed by atoms with Gasteiger partial charge in [-0.1, -0.05) is 18.2 Å². The summed E-state index contributed by atoms with van der Waals surface area (Å²) in [7, 11) is 0. The monoisotopic (exact) mass is 309 g/mol. The molecular formula is C17H16FN5. The van der Waals surface area contributed by atoms with Gasteiger partial charge in [0.15, 0.2) is 5.82 Å². The lowest BCUT2D eigenvalue weighted by Gasteiger charge is -2.10. The highest BCUT2D eigenvalue weighted by Crippen LogP contribution is 2.21. The molecule has 0 aliphatic rings. The van der Waals surface area contributed by atoms with Gasteiger partial charge in [0.05, 0.1) is 6.20 Å². The van der Waals surface area contributed by atoms with Gasteiger partial charge in [-0.25, -0.2) is 4.39 Å². The maximum Gasteiger partial charge on any atom is 0.249 e. The molecule has 0 fully saturated rings. The molecule has 0 aliphatic heterocycles. The molecule has 2 aromatic carbocycles. The van der Waals surface area contributed by atoms with E-state index in [1.54, 1.807) is 18.3 Å². The minimum absolute atomic E-state index is 0.297. The number of aromatic nitrogens is 3. The number of nitrogens with one attached hydrogen (secondary N) is 2. The van der Waals surface area contributed by atoms with Crippen LogP contribution in [0.15, 0.2) is 48.7 Å². The Morgan fingerprint density at radius 2 is 1.87 bits per heavy atom. The predicted molar refractivity (Wildman–Crippen MR) is 88.7 cm³/mol. The number of hydrogen-bond acceptors (Lipinski definition) is 5. The fourth-order valence-corrected chi connectivity index (χ4v) is 2.12. The number of benzene rings is 2. The second-order valence-corrected chi connectivity index (χ2v) is 5.24. The van der Waals surface area contributed by atoms with E-state index in [4.69, 9.17) is 0 Å². The third-order valence-electron chi connectivity index (χ3n) is 3.30. The van der Waals surface area contributed by atoms with Crippen LogP contribution in [0.4, 0.5) is 27.5 Å². The molecule has 0 unspecified atom stereocenters. The van der Waals surface area contributed by atoms with E-state index in [0.717, 1.165) is 16.8 Å². The van der Waals surface area contributed by atoms with Crippen molar-refractivity contribution in [2.75, 3.05) is 10.6 Å². The van der Waals surface area contributed by atoms with E-state index in [2.05, 4.69) is 31.9 Å². The van der Waals surface area contributed by atoms with Crippen molar-refractivity contribution in [2.45, 2.75) is 13.8 Å². The molecule has 0 saturated carbocycles. The Bertz CT molecular complexity index is 835. The van der Waals surface area contributed by atoms with Crippen LogP contribution in [-0.2, 0) is 0 Å². The van der Waals surface area contributed by atoms with E-state index in [0.29, 0.717) is 17.5 Å². The molecule has 6 heteroatoms. The van der Waals surface area contributed by atoms with Crippen LogP contribution in [0.5, 0.6) is 0 Å². The Balaban J connectivity index is 1.81. The van der Waals surface area contributed by atoms with E-state index in [1.165, 1.54) is 12.1 Å². The lowest BCUT2D eigenvalue weighted by molar-refractivity contribution is 0.628. The zero-order valence-corrected chi connectivity index (χ0v) is 12.8. The molecule has 3 aromatic rings. The van der Waals surface area contributed by atoms with Gasteiger partial charge in [-0.2, -0.15) is 10.1 Å². The molecule has 1 aromatic heterocycles. The van der Waals surface area contributed by atoms with Gasteiger partial charge >= 0.3 is 0 Å². The van der Waals surface area contributed by atoms with Gasteiger partial charge in [0.25, 0.3) is 0 Å². The fourth-order valence-electron chi connectivity index (χ4n) is 2.12. The van der Waals surface area contributed by atoms with Crippen LogP contribution in [0.2, 0.25) is 0 Å². The molecule has 0 aliphatic carbocycles. The van der Waals surface area contributed by atoms with Gasteiger partial charge < -0.3 is 10.6 Å². The number of nitrogens with zero attached hydrogens (tertiary/aromatic N) is 3. The second-order valence-electron chi connectivity index (χ2n) is 5.24. The third kappa shape index (κ3) is 3.79. The maximum atomic E-state index is 13.2. The van der Waals surface area contributed by atoms with Gasteiger partial charge in [0.1, 0.15) is 5.82 Å². The second kappa shape index (κ2) is 6.39. The van der Waals surface area contributed by atoms with Gasteiger partial charge in [-0.15, -0.1) is 5.10 Å². The van der Waals surface area contributed by atoms with E-state index in [9.17, 15) is 4.39 Å². The first kappa shape index (κ1) is 14.9. The Labute approximate surface area is 133 Å². The van der Waals surface area contributed by atoms with Crippen LogP contribution in [-0.4, -0.2) is 15.2 Å². The largest absolute Gasteiger partial charge is 0.339 e. The van der Waals surface area contributed by atoms with Crippen molar-refractivity contribution in [1.82, 2.24) is 15.2 Å². The Hall–Kier alpha value is -3.02.